The molecule has 8 nitrogen and oxygen atoms in total. The Morgan fingerprint density at radius 3 is 2.62 bits per heavy atom. The Kier molecular flexibility index (Phi) is 6.65. The van der Waals surface area contributed by atoms with E-state index in [4.69, 9.17) is 4.42 Å². The number of nitrogens with zero attached hydrogens (tertiary/aromatic N) is 1. The van der Waals surface area contributed by atoms with Crippen LogP contribution in [0.25, 0.3) is 0 Å². The molecule has 0 radical (unpaired) electrons. The number of furan rings is 1. The quantitative estimate of drug-likeness (QED) is 0.556. The summed E-state index contributed by atoms with van der Waals surface area (Å²) in [6.07, 6.45) is 5.89. The summed E-state index contributed by atoms with van der Waals surface area (Å²) in [5.41, 5.74) is 5.30. The highest BCUT2D eigenvalue weighted by Crippen LogP contribution is 2.19. The average molecular weight is 336 g/mol. The Bertz CT molecular complexity index is 550. The number of hydrogen-bond donors (Lipinski definition) is 3. The molecule has 0 aliphatic carbocycles. The van der Waals surface area contributed by atoms with Gasteiger partial charge < -0.3 is 14.6 Å². The van der Waals surface area contributed by atoms with Crippen molar-refractivity contribution < 1.29 is 18.8 Å². The Hall–Kier alpha value is -2.51. The van der Waals surface area contributed by atoms with Crippen LogP contribution in [0.1, 0.15) is 43.0 Å². The lowest BCUT2D eigenvalue weighted by Crippen LogP contribution is -2.50. The first-order chi connectivity index (χ1) is 11.6. The van der Waals surface area contributed by atoms with Crippen molar-refractivity contribution in [2.75, 3.05) is 19.6 Å². The molecule has 1 fully saturated rings. The van der Waals surface area contributed by atoms with Crippen molar-refractivity contribution in [3.05, 3.63) is 24.2 Å². The zero-order valence-corrected chi connectivity index (χ0v) is 13.8. The van der Waals surface area contributed by atoms with Crippen molar-refractivity contribution in [1.82, 2.24) is 21.1 Å². The van der Waals surface area contributed by atoms with Gasteiger partial charge in [0.25, 0.3) is 5.91 Å². The van der Waals surface area contributed by atoms with E-state index in [1.807, 2.05) is 6.92 Å². The summed E-state index contributed by atoms with van der Waals surface area (Å²) in [4.78, 5) is 37.4. The van der Waals surface area contributed by atoms with Crippen LogP contribution in [0, 0.1) is 5.92 Å². The minimum atomic E-state index is -0.413. The smallest absolute Gasteiger partial charge is 0.333 e. The second-order valence-corrected chi connectivity index (χ2v) is 5.80. The van der Waals surface area contributed by atoms with Gasteiger partial charge in [-0.2, -0.15) is 0 Å². The number of urea groups is 1. The van der Waals surface area contributed by atoms with Crippen LogP contribution in [-0.4, -0.2) is 42.4 Å². The van der Waals surface area contributed by atoms with Crippen LogP contribution in [0.2, 0.25) is 0 Å². The minimum absolute atomic E-state index is 0.0870. The fraction of sp³-hybridized carbons (Fsp3) is 0.562. The summed E-state index contributed by atoms with van der Waals surface area (Å²) in [6, 6.07) is 1.21. The van der Waals surface area contributed by atoms with Crippen LogP contribution in [-0.2, 0) is 4.79 Å². The normalized spacial score (nSPS) is 15.0. The van der Waals surface area contributed by atoms with Crippen molar-refractivity contribution in [3.63, 3.8) is 0 Å². The summed E-state index contributed by atoms with van der Waals surface area (Å²) in [6.45, 7) is 3.62. The van der Waals surface area contributed by atoms with Gasteiger partial charge >= 0.3 is 6.03 Å². The average Bonchev–Trinajstić information content (AvgIpc) is 3.14. The fourth-order valence-corrected chi connectivity index (χ4v) is 2.56. The molecule has 132 valence electrons. The molecule has 0 saturated carbocycles. The SMILES string of the molecule is CCCCNC(=O)NNC(=O)C1CCN(C(=O)c2ccoc2)CC1. The molecule has 1 saturated heterocycles. The maximum atomic E-state index is 12.2. The monoisotopic (exact) mass is 336 g/mol. The van der Waals surface area contributed by atoms with Crippen molar-refractivity contribution in [1.29, 1.82) is 0 Å². The number of likely N-dealkylation sites (tertiary alicyclic amines) is 1. The molecular formula is C16H24N4O4. The summed E-state index contributed by atoms with van der Waals surface area (Å²) in [5.74, 6) is -0.526. The first kappa shape index (κ1) is 17.8. The van der Waals surface area contributed by atoms with E-state index in [2.05, 4.69) is 16.2 Å². The second-order valence-electron chi connectivity index (χ2n) is 5.80. The lowest BCUT2D eigenvalue weighted by Gasteiger charge is -2.31. The number of hydrazine groups is 1. The molecular weight excluding hydrogens is 312 g/mol. The van der Waals surface area contributed by atoms with Gasteiger partial charge in [0.05, 0.1) is 11.8 Å². The summed E-state index contributed by atoms with van der Waals surface area (Å²) in [5, 5.41) is 2.65. The van der Waals surface area contributed by atoms with E-state index in [1.165, 1.54) is 12.5 Å². The third kappa shape index (κ3) is 5.00. The highest BCUT2D eigenvalue weighted by molar-refractivity contribution is 5.94. The molecule has 3 N–H and O–H groups in total. The number of nitrogens with one attached hydrogen (secondary N) is 3. The molecule has 1 aromatic heterocycles. The molecule has 2 heterocycles. The third-order valence-corrected chi connectivity index (χ3v) is 4.04. The van der Waals surface area contributed by atoms with E-state index in [1.54, 1.807) is 11.0 Å². The molecule has 0 aromatic carbocycles. The number of piperidine rings is 1. The summed E-state index contributed by atoms with van der Waals surface area (Å²) in [7, 11) is 0. The lowest BCUT2D eigenvalue weighted by atomic mass is 9.96. The molecule has 0 atom stereocenters. The number of unbranched alkanes of at least 4 members (excludes halogenated alkanes) is 1. The number of hydrogen-bond acceptors (Lipinski definition) is 4. The topological polar surface area (TPSA) is 104 Å². The minimum Gasteiger partial charge on any atom is -0.472 e. The van der Waals surface area contributed by atoms with Crippen LogP contribution >= 0.6 is 0 Å². The highest BCUT2D eigenvalue weighted by atomic mass is 16.3. The molecule has 1 aliphatic rings. The van der Waals surface area contributed by atoms with Gasteiger partial charge in [0.2, 0.25) is 5.91 Å². The maximum Gasteiger partial charge on any atom is 0.333 e. The van der Waals surface area contributed by atoms with E-state index < -0.39 is 6.03 Å². The standard InChI is InChI=1S/C16H24N4O4/c1-2-3-7-17-16(23)19-18-14(21)12-4-8-20(9-5-12)15(22)13-6-10-24-11-13/h6,10-12H,2-5,7-9H2,1H3,(H,18,21)(H2,17,19,23). The van der Waals surface area contributed by atoms with E-state index in [0.717, 1.165) is 12.8 Å². The zero-order valence-electron chi connectivity index (χ0n) is 13.8. The maximum absolute atomic E-state index is 12.2. The van der Waals surface area contributed by atoms with Gasteiger partial charge in [-0.3, -0.25) is 15.0 Å². The van der Waals surface area contributed by atoms with Gasteiger partial charge in [0.15, 0.2) is 0 Å². The van der Waals surface area contributed by atoms with Crippen LogP contribution in [0.3, 0.4) is 0 Å². The lowest BCUT2D eigenvalue weighted by molar-refractivity contribution is -0.127. The molecule has 0 bridgehead atoms. The van der Waals surface area contributed by atoms with E-state index in [0.29, 0.717) is 38.0 Å². The van der Waals surface area contributed by atoms with Crippen LogP contribution in [0.4, 0.5) is 4.79 Å². The highest BCUT2D eigenvalue weighted by Gasteiger charge is 2.28. The fourth-order valence-electron chi connectivity index (χ4n) is 2.56. The van der Waals surface area contributed by atoms with Crippen molar-refractivity contribution in [2.45, 2.75) is 32.6 Å². The molecule has 1 aromatic rings. The van der Waals surface area contributed by atoms with E-state index >= 15 is 0 Å². The van der Waals surface area contributed by atoms with Crippen molar-refractivity contribution in [3.8, 4) is 0 Å². The van der Waals surface area contributed by atoms with Gasteiger partial charge in [-0.25, -0.2) is 10.2 Å². The molecule has 1 aliphatic heterocycles. The summed E-state index contributed by atoms with van der Waals surface area (Å²) < 4.78 is 4.92. The van der Waals surface area contributed by atoms with Gasteiger partial charge in [-0.05, 0) is 25.3 Å². The van der Waals surface area contributed by atoms with E-state index in [9.17, 15) is 14.4 Å². The largest absolute Gasteiger partial charge is 0.472 e. The van der Waals surface area contributed by atoms with Crippen LogP contribution in [0.5, 0.6) is 0 Å². The van der Waals surface area contributed by atoms with Crippen molar-refractivity contribution >= 4 is 17.8 Å². The predicted octanol–water partition coefficient (Wildman–Crippen LogP) is 1.26. The van der Waals surface area contributed by atoms with Crippen LogP contribution < -0.4 is 16.2 Å². The zero-order chi connectivity index (χ0) is 17.4. The summed E-state index contributed by atoms with van der Waals surface area (Å²) >= 11 is 0. The van der Waals surface area contributed by atoms with Gasteiger partial charge in [-0.1, -0.05) is 13.3 Å². The number of carbonyl (C=O) groups excluding carboxylic acids is 3. The molecule has 8 heteroatoms. The van der Waals surface area contributed by atoms with Gasteiger partial charge in [-0.15, -0.1) is 0 Å². The second kappa shape index (κ2) is 8.95. The van der Waals surface area contributed by atoms with Gasteiger partial charge in [0, 0.05) is 25.6 Å². The predicted molar refractivity (Wildman–Crippen MR) is 86.9 cm³/mol. The molecule has 24 heavy (non-hydrogen) atoms. The first-order valence-corrected chi connectivity index (χ1v) is 8.27. The van der Waals surface area contributed by atoms with Crippen LogP contribution in [0.15, 0.2) is 23.0 Å². The Balaban J connectivity index is 1.69. The third-order valence-electron chi connectivity index (χ3n) is 4.04. The Labute approximate surface area is 140 Å². The Morgan fingerprint density at radius 1 is 1.25 bits per heavy atom. The number of carbonyl (C=O) groups is 3. The van der Waals surface area contributed by atoms with E-state index in [-0.39, 0.29) is 17.7 Å². The molecule has 2 rings (SSSR count). The number of amides is 4. The molecule has 0 unspecified atom stereocenters. The van der Waals surface area contributed by atoms with Gasteiger partial charge in [0.1, 0.15) is 6.26 Å². The number of rotatable bonds is 5. The Morgan fingerprint density at radius 2 is 2.00 bits per heavy atom. The molecule has 0 spiro atoms. The molecule has 4 amide bonds. The van der Waals surface area contributed by atoms with Crippen molar-refractivity contribution in [2.24, 2.45) is 5.92 Å². The first-order valence-electron chi connectivity index (χ1n) is 8.27.